The first-order chi connectivity index (χ1) is 8.61. The predicted octanol–water partition coefficient (Wildman–Crippen LogP) is 2.40. The van der Waals surface area contributed by atoms with Crippen LogP contribution in [0.5, 0.6) is 0 Å². The molecule has 0 saturated heterocycles. The minimum absolute atomic E-state index is 0.0705. The van der Waals surface area contributed by atoms with Gasteiger partial charge in [0.15, 0.2) is 0 Å². The lowest BCUT2D eigenvalue weighted by atomic mass is 9.78. The molecule has 1 aliphatic carbocycles. The molecule has 0 amide bonds. The van der Waals surface area contributed by atoms with E-state index in [4.69, 9.17) is 9.26 Å². The van der Waals surface area contributed by atoms with Gasteiger partial charge in [0.1, 0.15) is 5.60 Å². The molecule has 0 spiro atoms. The van der Waals surface area contributed by atoms with Gasteiger partial charge in [-0.2, -0.15) is 4.98 Å². The Labute approximate surface area is 108 Å². The molecule has 102 valence electrons. The van der Waals surface area contributed by atoms with Gasteiger partial charge < -0.3 is 14.6 Å². The average Bonchev–Trinajstić information content (AvgIpc) is 2.87. The first kappa shape index (κ1) is 13.5. The largest absolute Gasteiger partial charge is 0.370 e. The van der Waals surface area contributed by atoms with E-state index < -0.39 is 0 Å². The fourth-order valence-electron chi connectivity index (χ4n) is 2.70. The summed E-state index contributed by atoms with van der Waals surface area (Å²) >= 11 is 0. The molecule has 0 aliphatic heterocycles. The van der Waals surface area contributed by atoms with Crippen molar-refractivity contribution in [2.45, 2.75) is 51.2 Å². The first-order valence-electron chi connectivity index (χ1n) is 6.68. The molecule has 1 aromatic rings. The number of ether oxygens (including phenoxy) is 1. The van der Waals surface area contributed by atoms with E-state index >= 15 is 0 Å². The molecule has 0 bridgehead atoms. The maximum atomic E-state index is 5.76. The lowest BCUT2D eigenvalue weighted by Crippen LogP contribution is -2.35. The number of hydrogen-bond acceptors (Lipinski definition) is 5. The molecular weight excluding hydrogens is 230 g/mol. The van der Waals surface area contributed by atoms with Crippen LogP contribution in [0.4, 0.5) is 0 Å². The van der Waals surface area contributed by atoms with Gasteiger partial charge in [0, 0.05) is 7.11 Å². The zero-order valence-corrected chi connectivity index (χ0v) is 11.7. The van der Waals surface area contributed by atoms with Gasteiger partial charge in [0.25, 0.3) is 0 Å². The standard InChI is InChI=1S/C13H23N3O2/c1-9-6-5-7-13(8-9,17-4)12-15-11(18-16-12)10(2)14-3/h9-10,14H,5-8H2,1-4H3. The molecule has 2 rings (SSSR count). The topological polar surface area (TPSA) is 60.2 Å². The lowest BCUT2D eigenvalue weighted by molar-refractivity contribution is -0.0658. The quantitative estimate of drug-likeness (QED) is 0.892. The maximum absolute atomic E-state index is 5.76. The van der Waals surface area contributed by atoms with Crippen molar-refractivity contribution in [1.82, 2.24) is 15.5 Å². The Morgan fingerprint density at radius 2 is 2.33 bits per heavy atom. The second-order valence-electron chi connectivity index (χ2n) is 5.37. The highest BCUT2D eigenvalue weighted by molar-refractivity contribution is 5.05. The highest BCUT2D eigenvalue weighted by atomic mass is 16.5. The Morgan fingerprint density at radius 3 is 2.94 bits per heavy atom. The van der Waals surface area contributed by atoms with Crippen molar-refractivity contribution in [2.24, 2.45) is 5.92 Å². The van der Waals surface area contributed by atoms with Crippen LogP contribution < -0.4 is 5.32 Å². The van der Waals surface area contributed by atoms with E-state index in [2.05, 4.69) is 22.4 Å². The number of nitrogens with zero attached hydrogens (tertiary/aromatic N) is 2. The van der Waals surface area contributed by atoms with E-state index in [1.54, 1.807) is 7.11 Å². The van der Waals surface area contributed by atoms with Crippen molar-refractivity contribution in [3.8, 4) is 0 Å². The second kappa shape index (κ2) is 5.36. The van der Waals surface area contributed by atoms with E-state index in [-0.39, 0.29) is 11.6 Å². The van der Waals surface area contributed by atoms with Crippen LogP contribution in [0.3, 0.4) is 0 Å². The van der Waals surface area contributed by atoms with Gasteiger partial charge in [-0.1, -0.05) is 18.5 Å². The van der Waals surface area contributed by atoms with Crippen molar-refractivity contribution in [3.05, 3.63) is 11.7 Å². The summed E-state index contributed by atoms with van der Waals surface area (Å²) in [6.45, 7) is 4.25. The molecule has 1 fully saturated rings. The molecule has 1 saturated carbocycles. The Hall–Kier alpha value is -0.940. The number of aromatic nitrogens is 2. The zero-order chi connectivity index (χ0) is 13.2. The van der Waals surface area contributed by atoms with Gasteiger partial charge in [-0.15, -0.1) is 0 Å². The molecule has 1 aliphatic rings. The number of methoxy groups -OCH3 is 1. The van der Waals surface area contributed by atoms with Gasteiger partial charge in [-0.05, 0) is 39.2 Å². The summed E-state index contributed by atoms with van der Waals surface area (Å²) in [5, 5.41) is 7.23. The van der Waals surface area contributed by atoms with Crippen molar-refractivity contribution in [1.29, 1.82) is 0 Å². The Kier molecular flexibility index (Phi) is 4.02. The molecule has 3 atom stereocenters. The molecule has 5 heteroatoms. The van der Waals surface area contributed by atoms with Crippen LogP contribution in [0.1, 0.15) is 57.3 Å². The lowest BCUT2D eigenvalue weighted by Gasteiger charge is -2.36. The highest BCUT2D eigenvalue weighted by Crippen LogP contribution is 2.41. The Morgan fingerprint density at radius 1 is 1.56 bits per heavy atom. The molecule has 0 radical (unpaired) electrons. The van der Waals surface area contributed by atoms with Crippen LogP contribution in [0.25, 0.3) is 0 Å². The highest BCUT2D eigenvalue weighted by Gasteiger charge is 2.41. The van der Waals surface area contributed by atoms with Crippen molar-refractivity contribution in [2.75, 3.05) is 14.2 Å². The molecule has 3 unspecified atom stereocenters. The van der Waals surface area contributed by atoms with Gasteiger partial charge in [-0.3, -0.25) is 0 Å². The average molecular weight is 253 g/mol. The Bertz CT molecular complexity index is 393. The van der Waals surface area contributed by atoms with Crippen molar-refractivity contribution >= 4 is 0 Å². The predicted molar refractivity (Wildman–Crippen MR) is 68.1 cm³/mol. The van der Waals surface area contributed by atoms with Crippen LogP contribution in [0.15, 0.2) is 4.52 Å². The van der Waals surface area contributed by atoms with E-state index in [1.165, 1.54) is 6.42 Å². The molecule has 1 heterocycles. The summed E-state index contributed by atoms with van der Waals surface area (Å²) in [6, 6.07) is 0.0705. The summed E-state index contributed by atoms with van der Waals surface area (Å²) in [5.74, 6) is 1.97. The van der Waals surface area contributed by atoms with E-state index in [9.17, 15) is 0 Å². The summed E-state index contributed by atoms with van der Waals surface area (Å²) in [5.41, 5.74) is -0.354. The Balaban J connectivity index is 2.24. The summed E-state index contributed by atoms with van der Waals surface area (Å²) in [4.78, 5) is 4.52. The normalized spacial score (nSPS) is 30.3. The molecule has 18 heavy (non-hydrogen) atoms. The van der Waals surface area contributed by atoms with Gasteiger partial charge in [0.05, 0.1) is 6.04 Å². The van der Waals surface area contributed by atoms with Crippen LogP contribution >= 0.6 is 0 Å². The van der Waals surface area contributed by atoms with Gasteiger partial charge in [-0.25, -0.2) is 0 Å². The van der Waals surface area contributed by atoms with Crippen molar-refractivity contribution in [3.63, 3.8) is 0 Å². The van der Waals surface area contributed by atoms with Crippen molar-refractivity contribution < 1.29 is 9.26 Å². The third-order valence-electron chi connectivity index (χ3n) is 4.00. The molecule has 1 aromatic heterocycles. The molecule has 1 N–H and O–H groups in total. The molecular formula is C13H23N3O2. The maximum Gasteiger partial charge on any atom is 0.243 e. The third-order valence-corrected chi connectivity index (χ3v) is 4.00. The summed E-state index contributed by atoms with van der Waals surface area (Å²) in [7, 11) is 3.62. The van der Waals surface area contributed by atoms with Gasteiger partial charge >= 0.3 is 0 Å². The van der Waals surface area contributed by atoms with Crippen LogP contribution in [0.2, 0.25) is 0 Å². The smallest absolute Gasteiger partial charge is 0.243 e. The second-order valence-corrected chi connectivity index (χ2v) is 5.37. The number of hydrogen-bond donors (Lipinski definition) is 1. The minimum atomic E-state index is -0.354. The monoisotopic (exact) mass is 253 g/mol. The number of rotatable bonds is 4. The fourth-order valence-corrected chi connectivity index (χ4v) is 2.70. The van der Waals surface area contributed by atoms with E-state index in [0.29, 0.717) is 17.6 Å². The van der Waals surface area contributed by atoms with Crippen LogP contribution in [-0.4, -0.2) is 24.3 Å². The fraction of sp³-hybridized carbons (Fsp3) is 0.846. The molecule has 0 aromatic carbocycles. The summed E-state index contributed by atoms with van der Waals surface area (Å²) < 4.78 is 11.1. The third kappa shape index (κ3) is 2.42. The minimum Gasteiger partial charge on any atom is -0.370 e. The SMILES string of the molecule is CNC(C)c1nc(C2(OC)CCCC(C)C2)no1. The van der Waals surface area contributed by atoms with Gasteiger partial charge in [0.2, 0.25) is 11.7 Å². The van der Waals surface area contributed by atoms with E-state index in [0.717, 1.165) is 19.3 Å². The van der Waals surface area contributed by atoms with E-state index in [1.807, 2.05) is 14.0 Å². The van der Waals surface area contributed by atoms with Crippen LogP contribution in [-0.2, 0) is 10.3 Å². The number of nitrogens with one attached hydrogen (secondary N) is 1. The summed E-state index contributed by atoms with van der Waals surface area (Å²) in [6.07, 6.45) is 4.35. The molecule has 5 nitrogen and oxygen atoms in total. The zero-order valence-electron chi connectivity index (χ0n) is 11.7. The first-order valence-corrected chi connectivity index (χ1v) is 6.68. The van der Waals surface area contributed by atoms with Crippen LogP contribution in [0, 0.1) is 5.92 Å².